The Kier molecular flexibility index (Phi) is 65.5. The maximum Gasteiger partial charge on any atom is 1.00 e. The van der Waals surface area contributed by atoms with Crippen LogP contribution in [0.5, 0.6) is 40.2 Å². The molecule has 2 heterocycles. The second-order valence-electron chi connectivity index (χ2n) is 26.1. The van der Waals surface area contributed by atoms with Crippen molar-refractivity contribution in [2.45, 2.75) is 92.4 Å². The number of aromatic carboxylic acids is 2. The third-order valence-electron chi connectivity index (χ3n) is 14.6. The first-order valence-corrected chi connectivity index (χ1v) is 38.6. The molecule has 0 saturated carbocycles. The molecular weight excluding hydrogens is 2040 g/mol. The second-order valence-corrected chi connectivity index (χ2v) is 26.1. The average molecular weight is 2140 g/mol. The fraction of sp³-hybridized carbons (Fsp3) is 0.308. The van der Waals surface area contributed by atoms with Gasteiger partial charge in [0.2, 0.25) is 52.6 Å². The first kappa shape index (κ1) is 134. The van der Waals surface area contributed by atoms with Crippen molar-refractivity contribution >= 4 is 111 Å². The summed E-state index contributed by atoms with van der Waals surface area (Å²) in [5, 5.41) is 105. The molecule has 0 spiro atoms. The number of hydrogen-bond acceptors (Lipinski definition) is 43. The minimum atomic E-state index is -4.64. The number of aldehydes is 1. The Hall–Kier alpha value is -14.7. The van der Waals surface area contributed by atoms with Crippen LogP contribution in [-0.4, -0.2) is 211 Å². The van der Waals surface area contributed by atoms with Gasteiger partial charge >= 0.3 is 93.9 Å². The fourth-order valence-corrected chi connectivity index (χ4v) is 8.78. The molecule has 0 radical (unpaired) electrons. The normalized spacial score (nSPS) is 9.70. The van der Waals surface area contributed by atoms with Gasteiger partial charge in [-0.2, -0.15) is 13.2 Å². The number of nitrogens with zero attached hydrogens (tertiary/aromatic N) is 10. The number of carboxylic acid groups (broad SMARTS) is 2. The number of nitrogens with one attached hydrogen (secondary N) is 3. The largest absolute Gasteiger partial charge is 1.00 e. The number of esters is 1. The maximum atomic E-state index is 12.0. The number of para-hydroxylation sites is 7. The van der Waals surface area contributed by atoms with Gasteiger partial charge in [0.1, 0.15) is 27.9 Å². The molecule has 54 nitrogen and oxygen atoms in total. The number of nitro benzene ring substituents is 6. The molecule has 9 rings (SSSR count). The number of hydrogen-bond donors (Lipinski definition) is 10. The number of aromatic nitrogens is 4. The van der Waals surface area contributed by atoms with E-state index in [1.165, 1.54) is 134 Å². The molecule has 0 bridgehead atoms. The second kappa shape index (κ2) is 67.5. The van der Waals surface area contributed by atoms with Crippen LogP contribution in [0.25, 0.3) is 22.9 Å². The van der Waals surface area contributed by atoms with Gasteiger partial charge in [-0.1, -0.05) is 65.1 Å². The van der Waals surface area contributed by atoms with Crippen molar-refractivity contribution in [3.63, 3.8) is 0 Å². The van der Waals surface area contributed by atoms with Crippen molar-refractivity contribution in [2.24, 2.45) is 17.5 Å². The molecule has 0 saturated heterocycles. The monoisotopic (exact) mass is 2140 g/mol. The molecule has 7 aromatic carbocycles. The predicted octanol–water partition coefficient (Wildman–Crippen LogP) is 8.68. The van der Waals surface area contributed by atoms with E-state index in [0.29, 0.717) is 46.7 Å². The van der Waals surface area contributed by atoms with E-state index >= 15 is 0 Å². The van der Waals surface area contributed by atoms with Crippen molar-refractivity contribution in [1.29, 1.82) is 0 Å². The van der Waals surface area contributed by atoms with Crippen molar-refractivity contribution in [2.75, 3.05) is 74.7 Å². The number of carboxylic acids is 2. The third-order valence-corrected chi connectivity index (χ3v) is 14.6. The topological polar surface area (TPSA) is 806 Å². The Bertz CT molecular complexity index is 5310. The summed E-state index contributed by atoms with van der Waals surface area (Å²) in [5.74, 6) is 8.49. The van der Waals surface area contributed by atoms with E-state index in [1.807, 2.05) is 57.1 Å². The number of rotatable bonds is 22. The smallest absolute Gasteiger partial charge is 0.870 e. The summed E-state index contributed by atoms with van der Waals surface area (Å²) in [6.45, 7) is 18.0. The SMILES string of the molecule is CC(C)(C)OC=O.CI.COC(=O)c1cccc([N+](=O)[O-])c1OC.COC(C)(C)OC.COc1c(-c2nnc(C)o2)cccc1[N+](=O)[O-].COc1c(C(=O)NN)cccc1[N+](=O)[O-].COc1c(C(=O)NNC(=O)OC(C)(C)C)cccc1[N+](=O)[O-].COc1c(C(=O)O)cccc1[N+](=O)[O-].COc1c(N)cccc1-c1nnc(C)o1.NN.O=C(O)c1cccc([N+](=O)[O-])c1O.O=CC(F)(F)F.[Na+].[OH-].[Zn]. The Labute approximate surface area is 829 Å². The number of phenols is 1. The maximum absolute atomic E-state index is 12.0. The first-order chi connectivity index (χ1) is 63.1. The van der Waals surface area contributed by atoms with E-state index in [0.717, 1.165) is 12.1 Å². The molecule has 2 aromatic heterocycles. The van der Waals surface area contributed by atoms with Gasteiger partial charge in [-0.05, 0) is 109 Å². The fourth-order valence-electron chi connectivity index (χ4n) is 8.78. The Morgan fingerprint density at radius 2 is 0.754 bits per heavy atom. The average Bonchev–Trinajstić information content (AvgIpc) is 1.60. The minimum absolute atomic E-state index is 0. The van der Waals surface area contributed by atoms with Crippen LogP contribution < -0.4 is 97.5 Å². The van der Waals surface area contributed by atoms with E-state index in [-0.39, 0.29) is 145 Å². The van der Waals surface area contributed by atoms with E-state index < -0.39 is 106 Å². The zero-order valence-electron chi connectivity index (χ0n) is 77.5. The number of ether oxygens (including phenoxy) is 11. The molecule has 138 heavy (non-hydrogen) atoms. The molecule has 9 aromatic rings. The van der Waals surface area contributed by atoms with Gasteiger partial charge in [-0.25, -0.2) is 30.4 Å². The quantitative estimate of drug-likeness (QED) is 0.00246. The van der Waals surface area contributed by atoms with Crippen molar-refractivity contribution in [3.8, 4) is 63.2 Å². The molecule has 0 fully saturated rings. The molecule has 0 atom stereocenters. The van der Waals surface area contributed by atoms with Crippen LogP contribution in [0.4, 0.5) is 57.8 Å². The summed E-state index contributed by atoms with van der Waals surface area (Å²) in [7, 11) is 12.2. The summed E-state index contributed by atoms with van der Waals surface area (Å²) in [5.41, 5.74) is 9.68. The molecule has 0 aliphatic carbocycles. The number of halogens is 4. The van der Waals surface area contributed by atoms with Gasteiger partial charge < -0.3 is 87.5 Å². The summed E-state index contributed by atoms with van der Waals surface area (Å²) in [6, 6.07) is 28.9. The number of nitro groups is 6. The Morgan fingerprint density at radius 1 is 0.457 bits per heavy atom. The number of carbonyl (C=O) groups excluding carboxylic acids is 6. The van der Waals surface area contributed by atoms with Crippen molar-refractivity contribution in [1.82, 2.24) is 36.7 Å². The number of aromatic hydroxyl groups is 1. The van der Waals surface area contributed by atoms with Gasteiger partial charge in [0.05, 0.1) is 107 Å². The van der Waals surface area contributed by atoms with Gasteiger partial charge in [0.25, 0.3) is 30.1 Å². The minimum Gasteiger partial charge on any atom is -0.870 e. The number of methoxy groups -OCH3 is 9. The summed E-state index contributed by atoms with van der Waals surface area (Å²) in [6.07, 6.45) is -6.56. The number of alkyl halides is 4. The molecule has 0 unspecified atom stereocenters. The number of benzene rings is 7. The molecular formula is C78H98F3IN17NaO37Zn. The molecule has 60 heteroatoms. The number of amides is 3. The number of aryl methyl sites for hydroxylation is 2. The van der Waals surface area contributed by atoms with Crippen LogP contribution in [0.3, 0.4) is 0 Å². The van der Waals surface area contributed by atoms with E-state index in [1.54, 1.807) is 68.1 Å². The zero-order valence-corrected chi connectivity index (χ0v) is 84.7. The van der Waals surface area contributed by atoms with Crippen LogP contribution in [-0.2, 0) is 52.8 Å². The third kappa shape index (κ3) is 47.5. The first-order valence-electron chi connectivity index (χ1n) is 36.5. The summed E-state index contributed by atoms with van der Waals surface area (Å²) < 4.78 is 94.9. The van der Waals surface area contributed by atoms with E-state index in [2.05, 4.69) is 79.7 Å². The molecule has 0 aliphatic heterocycles. The van der Waals surface area contributed by atoms with Gasteiger partial charge in [-0.3, -0.25) is 102 Å². The number of carbonyl (C=O) groups is 8. The number of hydrazine groups is 3. The van der Waals surface area contributed by atoms with Crippen molar-refractivity contribution in [3.05, 3.63) is 228 Å². The standard InChI is InChI=1S/C13H17N3O6.C10H9N3O4.C10H11N3O2.C9H9NO5.C8H9N3O4.C8H7NO5.C7H5NO5.C5H12O2.C5H10O2.C2HF3O.CH3I.H4N2.Na.H2O.Zn/c1-13(2,3)22-12(18)15-14-11(17)8-6-5-7-9(16(19)20)10(8)21-4;1-6-11-12-10(17-6)7-4-3-5-8(13(14)15)9(7)16-2;1-6-12-13-10(15-6)7-4-3-5-8(11)9(7)14-2;1-14-8-6(9(11)15-2)4-3-5-7(8)10(12)13;1-15-7-5(8(12)10-9)3-2-4-6(7)11(13)14;1-14-7-5(8(10)11)3-2-4-6(7)9(12)13;9-6-4(7(10)11)2-1-3-5(6)8(12)13;1-5(2,6-3)7-4;1-5(2,3)7-4-6;3-2(4,5)1-6;2*1-2;;;/h5-7H,1-4H3,(H,14,17)(H,15,18);3-5H,1-2H3;3-5H,11H2,1-2H3;3-5H,1-2H3;2-4H,9H2,1H3,(H,10,12);2-4H,1H3,(H,10,11);1-3,9H,(H,10,11);1-4H3;4H,1-3H3;1H;1H3;1-2H2;;1H2;/q;;;;;;;;;;;;+1;;/p-1. The number of nitrogen functional groups attached to an aromatic ring is 2. The number of anilines is 1. The van der Waals surface area contributed by atoms with Crippen molar-refractivity contribution < 1.29 is 212 Å². The Morgan fingerprint density at radius 3 is 1.03 bits per heavy atom. The summed E-state index contributed by atoms with van der Waals surface area (Å²) >= 11 is 2.15. The summed E-state index contributed by atoms with van der Waals surface area (Å²) in [4.78, 5) is 147. The number of nitrogens with two attached hydrogens (primary N) is 4. The zero-order chi connectivity index (χ0) is 105. The van der Waals surface area contributed by atoms with Gasteiger partial charge in [0.15, 0.2) is 11.5 Å². The van der Waals surface area contributed by atoms with Crippen LogP contribution in [0.1, 0.15) is 119 Å². The molecule has 15 N–H and O–H groups in total. The van der Waals surface area contributed by atoms with Crippen LogP contribution in [0.2, 0.25) is 0 Å². The van der Waals surface area contributed by atoms with Crippen LogP contribution in [0.15, 0.2) is 136 Å². The van der Waals surface area contributed by atoms with E-state index in [9.17, 15) is 107 Å². The molecule has 3 amide bonds. The molecule has 748 valence electrons. The van der Waals surface area contributed by atoms with Crippen LogP contribution in [0, 0.1) is 74.5 Å². The van der Waals surface area contributed by atoms with Gasteiger partial charge in [0, 0.05) is 83.9 Å². The van der Waals surface area contributed by atoms with Crippen LogP contribution >= 0.6 is 22.6 Å². The predicted molar refractivity (Wildman–Crippen MR) is 478 cm³/mol. The Balaban J connectivity index is -0.000000354. The van der Waals surface area contributed by atoms with Gasteiger partial charge in [-0.15, -0.1) is 20.4 Å². The van der Waals surface area contributed by atoms with E-state index in [4.69, 9.17) is 78.4 Å². The molecule has 0 aliphatic rings.